The molecule has 0 bridgehead atoms. The second-order valence-corrected chi connectivity index (χ2v) is 3.56. The fourth-order valence-corrected chi connectivity index (χ4v) is 1.36. The lowest BCUT2D eigenvalue weighted by Crippen LogP contribution is -2.36. The number of carbonyl (C=O) groups is 1. The predicted octanol–water partition coefficient (Wildman–Crippen LogP) is 2.47. The van der Waals surface area contributed by atoms with Crippen LogP contribution >= 0.6 is 0 Å². The molecule has 0 amide bonds. The summed E-state index contributed by atoms with van der Waals surface area (Å²) in [4.78, 5) is 11.1. The molecule has 0 saturated heterocycles. The number of carboxylic acid groups (broad SMARTS) is 1. The fourth-order valence-electron chi connectivity index (χ4n) is 1.36. The largest absolute Gasteiger partial charge is 0.479 e. The third kappa shape index (κ3) is 2.68. The number of carboxylic acids is 1. The number of hydrogen-bond acceptors (Lipinski definition) is 2. The lowest BCUT2D eigenvalue weighted by molar-refractivity contribution is -0.164. The van der Waals surface area contributed by atoms with Crippen molar-refractivity contribution in [3.8, 4) is 0 Å². The van der Waals surface area contributed by atoms with E-state index in [-0.39, 0.29) is 12.2 Å². The number of benzene rings is 1. The molecule has 0 fully saturated rings. The van der Waals surface area contributed by atoms with Crippen molar-refractivity contribution in [2.45, 2.75) is 12.5 Å². The number of ether oxygens (including phenoxy) is 1. The van der Waals surface area contributed by atoms with Crippen LogP contribution in [0, 0.1) is 11.6 Å². The highest BCUT2D eigenvalue weighted by molar-refractivity contribution is 5.79. The molecule has 1 N–H and O–H groups in total. The van der Waals surface area contributed by atoms with Gasteiger partial charge in [-0.05, 0) is 19.1 Å². The van der Waals surface area contributed by atoms with E-state index in [2.05, 4.69) is 6.58 Å². The molecule has 0 radical (unpaired) electrons. The smallest absolute Gasteiger partial charge is 0.340 e. The second kappa shape index (κ2) is 5.05. The van der Waals surface area contributed by atoms with Gasteiger partial charge in [0.1, 0.15) is 11.6 Å². The highest BCUT2D eigenvalue weighted by Gasteiger charge is 2.38. The highest BCUT2D eigenvalue weighted by Crippen LogP contribution is 2.28. The van der Waals surface area contributed by atoms with Crippen LogP contribution in [0.15, 0.2) is 30.9 Å². The van der Waals surface area contributed by atoms with E-state index >= 15 is 0 Å². The van der Waals surface area contributed by atoms with Crippen LogP contribution in [-0.4, -0.2) is 17.7 Å². The molecule has 1 rings (SSSR count). The SMILES string of the molecule is C=CCOC(C)(C(=O)O)c1ccc(F)cc1F. The molecule has 3 nitrogen and oxygen atoms in total. The van der Waals surface area contributed by atoms with Gasteiger partial charge in [0.25, 0.3) is 0 Å². The summed E-state index contributed by atoms with van der Waals surface area (Å²) in [5.41, 5.74) is -2.10. The lowest BCUT2D eigenvalue weighted by Gasteiger charge is -2.25. The Morgan fingerprint density at radius 2 is 2.24 bits per heavy atom. The molecule has 0 spiro atoms. The molecule has 0 aliphatic rings. The van der Waals surface area contributed by atoms with E-state index < -0.39 is 23.2 Å². The van der Waals surface area contributed by atoms with Crippen molar-refractivity contribution in [1.82, 2.24) is 0 Å². The van der Waals surface area contributed by atoms with Gasteiger partial charge in [-0.3, -0.25) is 0 Å². The first-order valence-corrected chi connectivity index (χ1v) is 4.85. The van der Waals surface area contributed by atoms with Gasteiger partial charge in [0.2, 0.25) is 0 Å². The van der Waals surface area contributed by atoms with Gasteiger partial charge in [0.15, 0.2) is 5.60 Å². The van der Waals surface area contributed by atoms with E-state index in [9.17, 15) is 13.6 Å². The van der Waals surface area contributed by atoms with Crippen LogP contribution in [0.1, 0.15) is 12.5 Å². The number of aliphatic carboxylic acids is 1. The molecule has 1 atom stereocenters. The van der Waals surface area contributed by atoms with Crippen molar-refractivity contribution in [3.05, 3.63) is 48.1 Å². The number of halogens is 2. The van der Waals surface area contributed by atoms with E-state index in [1.165, 1.54) is 13.0 Å². The first kappa shape index (κ1) is 13.3. The molecular weight excluding hydrogens is 230 g/mol. The average Bonchev–Trinajstić information content (AvgIpc) is 2.25. The molecule has 1 aromatic carbocycles. The van der Waals surface area contributed by atoms with Crippen LogP contribution in [0.25, 0.3) is 0 Å². The van der Waals surface area contributed by atoms with Gasteiger partial charge in [-0.1, -0.05) is 6.08 Å². The van der Waals surface area contributed by atoms with Gasteiger partial charge in [-0.15, -0.1) is 6.58 Å². The summed E-state index contributed by atoms with van der Waals surface area (Å²) < 4.78 is 31.3. The Labute approximate surface area is 97.3 Å². The fraction of sp³-hybridized carbons (Fsp3) is 0.250. The third-order valence-corrected chi connectivity index (χ3v) is 2.34. The van der Waals surface area contributed by atoms with Crippen molar-refractivity contribution >= 4 is 5.97 Å². The Bertz CT molecular complexity index is 445. The average molecular weight is 242 g/mol. The van der Waals surface area contributed by atoms with Crippen LogP contribution in [0.3, 0.4) is 0 Å². The van der Waals surface area contributed by atoms with Crippen molar-refractivity contribution in [2.24, 2.45) is 0 Å². The molecule has 0 aromatic heterocycles. The van der Waals surface area contributed by atoms with Crippen LogP contribution in [0.5, 0.6) is 0 Å². The molecular formula is C12H12F2O3. The molecule has 0 heterocycles. The summed E-state index contributed by atoms with van der Waals surface area (Å²) in [6.45, 7) is 4.53. The van der Waals surface area contributed by atoms with Crippen LogP contribution in [-0.2, 0) is 15.1 Å². The van der Waals surface area contributed by atoms with Gasteiger partial charge in [-0.25, -0.2) is 13.6 Å². The van der Waals surface area contributed by atoms with Crippen LogP contribution in [0.2, 0.25) is 0 Å². The first-order valence-electron chi connectivity index (χ1n) is 4.85. The van der Waals surface area contributed by atoms with E-state index in [0.717, 1.165) is 12.1 Å². The van der Waals surface area contributed by atoms with Gasteiger partial charge >= 0.3 is 5.97 Å². The summed E-state index contributed by atoms with van der Waals surface area (Å²) in [6, 6.07) is 2.66. The zero-order valence-electron chi connectivity index (χ0n) is 9.24. The van der Waals surface area contributed by atoms with E-state index in [4.69, 9.17) is 9.84 Å². The minimum Gasteiger partial charge on any atom is -0.479 e. The van der Waals surface area contributed by atoms with Gasteiger partial charge in [0.05, 0.1) is 6.61 Å². The molecule has 17 heavy (non-hydrogen) atoms. The molecule has 1 unspecified atom stereocenters. The lowest BCUT2D eigenvalue weighted by atomic mass is 9.95. The molecule has 0 aliphatic heterocycles. The normalized spacial score (nSPS) is 14.1. The summed E-state index contributed by atoms with van der Waals surface area (Å²) in [5, 5.41) is 9.09. The molecule has 5 heteroatoms. The standard InChI is InChI=1S/C12H12F2O3/c1-3-6-17-12(2,11(15)16)9-5-4-8(13)7-10(9)14/h3-5,7H,1,6H2,2H3,(H,15,16). The topological polar surface area (TPSA) is 46.5 Å². The Hall–Kier alpha value is -1.75. The van der Waals surface area contributed by atoms with Crippen molar-refractivity contribution in [2.75, 3.05) is 6.61 Å². The maximum atomic E-state index is 13.5. The minimum atomic E-state index is -1.87. The van der Waals surface area contributed by atoms with Crippen LogP contribution in [0.4, 0.5) is 8.78 Å². The van der Waals surface area contributed by atoms with E-state index in [1.807, 2.05) is 0 Å². The quantitative estimate of drug-likeness (QED) is 0.807. The van der Waals surface area contributed by atoms with Crippen molar-refractivity contribution < 1.29 is 23.4 Å². The van der Waals surface area contributed by atoms with E-state index in [1.54, 1.807) is 0 Å². The Morgan fingerprint density at radius 3 is 2.71 bits per heavy atom. The minimum absolute atomic E-state index is 0.0559. The monoisotopic (exact) mass is 242 g/mol. The van der Waals surface area contributed by atoms with E-state index in [0.29, 0.717) is 6.07 Å². The Kier molecular flexibility index (Phi) is 3.96. The summed E-state index contributed by atoms with van der Waals surface area (Å²) >= 11 is 0. The van der Waals surface area contributed by atoms with Crippen molar-refractivity contribution in [1.29, 1.82) is 0 Å². The number of hydrogen-bond donors (Lipinski definition) is 1. The zero-order valence-corrected chi connectivity index (χ0v) is 9.24. The number of rotatable bonds is 5. The van der Waals surface area contributed by atoms with Crippen LogP contribution < -0.4 is 0 Å². The maximum absolute atomic E-state index is 13.5. The summed E-state index contributed by atoms with van der Waals surface area (Å²) in [7, 11) is 0. The zero-order chi connectivity index (χ0) is 13.1. The second-order valence-electron chi connectivity index (χ2n) is 3.56. The predicted molar refractivity (Wildman–Crippen MR) is 57.5 cm³/mol. The maximum Gasteiger partial charge on any atom is 0.340 e. The van der Waals surface area contributed by atoms with Gasteiger partial charge < -0.3 is 9.84 Å². The molecule has 0 aliphatic carbocycles. The first-order chi connectivity index (χ1) is 7.91. The van der Waals surface area contributed by atoms with Gasteiger partial charge in [-0.2, -0.15) is 0 Å². The summed E-state index contributed by atoms with van der Waals surface area (Å²) in [5.74, 6) is -3.09. The Morgan fingerprint density at radius 1 is 1.59 bits per heavy atom. The van der Waals surface area contributed by atoms with Gasteiger partial charge in [0, 0.05) is 11.6 Å². The molecule has 1 aromatic rings. The highest BCUT2D eigenvalue weighted by atomic mass is 19.1. The third-order valence-electron chi connectivity index (χ3n) is 2.34. The summed E-state index contributed by atoms with van der Waals surface area (Å²) in [6.07, 6.45) is 1.35. The molecule has 0 saturated carbocycles. The van der Waals surface area contributed by atoms with Crippen molar-refractivity contribution in [3.63, 3.8) is 0 Å². The Balaban J connectivity index is 3.22. The molecule has 92 valence electrons.